The van der Waals surface area contributed by atoms with Gasteiger partial charge in [0.2, 0.25) is 0 Å². The Morgan fingerprint density at radius 3 is 1.77 bits per heavy atom. The monoisotopic (exact) mass is 924 g/mol. The SMILES string of the molecule is CCc1c(-c2nc(-c3cccc(-c4ccccc4)c3)nc(-c3ccc4sc5ccccc5c4c3)n2)cc(-n2c3cc4ccccc4cc3c3c4ccccc4ccc32)cc1-c1cc2ccccc2cc1C. The first-order valence-electron chi connectivity index (χ1n) is 24.4. The molecule has 0 unspecified atom stereocenters. The third kappa shape index (κ3) is 6.84. The average molecular weight is 925 g/mol. The largest absolute Gasteiger partial charge is 0.309 e. The van der Waals surface area contributed by atoms with E-state index in [0.717, 1.165) is 51.0 Å². The van der Waals surface area contributed by atoms with Crippen LogP contribution in [-0.2, 0) is 6.42 Å². The predicted octanol–water partition coefficient (Wildman–Crippen LogP) is 18.0. The molecule has 11 aromatic carbocycles. The Morgan fingerprint density at radius 2 is 0.986 bits per heavy atom. The van der Waals surface area contributed by atoms with Gasteiger partial charge in [-0.15, -0.1) is 11.3 Å². The van der Waals surface area contributed by atoms with Crippen molar-refractivity contribution in [3.63, 3.8) is 0 Å². The number of thiophene rings is 1. The van der Waals surface area contributed by atoms with Crippen molar-refractivity contribution >= 4 is 85.6 Å². The van der Waals surface area contributed by atoms with Crippen molar-refractivity contribution < 1.29 is 0 Å². The lowest BCUT2D eigenvalue weighted by molar-refractivity contribution is 1.05. The molecule has 0 aliphatic rings. The Balaban J connectivity index is 1.09. The third-order valence-corrected chi connectivity index (χ3v) is 15.6. The number of hydrogen-bond donors (Lipinski definition) is 0. The van der Waals surface area contributed by atoms with Crippen LogP contribution in [0.1, 0.15) is 18.1 Å². The normalized spacial score (nSPS) is 11.9. The van der Waals surface area contributed by atoms with E-state index in [9.17, 15) is 0 Å². The zero-order chi connectivity index (χ0) is 47.2. The van der Waals surface area contributed by atoms with Crippen LogP contribution in [0.2, 0.25) is 0 Å². The summed E-state index contributed by atoms with van der Waals surface area (Å²) in [6.07, 6.45) is 0.756. The summed E-state index contributed by atoms with van der Waals surface area (Å²) in [6, 6.07) is 79.4. The molecule has 0 aliphatic heterocycles. The molecule has 0 fully saturated rings. The van der Waals surface area contributed by atoms with Crippen LogP contribution in [0, 0.1) is 6.92 Å². The van der Waals surface area contributed by atoms with E-state index in [4.69, 9.17) is 15.0 Å². The van der Waals surface area contributed by atoms with Crippen LogP contribution in [-0.4, -0.2) is 19.5 Å². The Hall–Kier alpha value is -8.77. The summed E-state index contributed by atoms with van der Waals surface area (Å²) in [7, 11) is 0. The van der Waals surface area contributed by atoms with Crippen LogP contribution in [0.5, 0.6) is 0 Å². The highest BCUT2D eigenvalue weighted by Crippen LogP contribution is 2.44. The van der Waals surface area contributed by atoms with Gasteiger partial charge in [0, 0.05) is 53.3 Å². The van der Waals surface area contributed by atoms with Crippen molar-refractivity contribution in [2.75, 3.05) is 0 Å². The van der Waals surface area contributed by atoms with E-state index in [1.165, 1.54) is 85.5 Å². The van der Waals surface area contributed by atoms with Gasteiger partial charge in [0.05, 0.1) is 11.0 Å². The van der Waals surface area contributed by atoms with Gasteiger partial charge in [-0.05, 0) is 146 Å². The van der Waals surface area contributed by atoms with E-state index in [1.807, 2.05) is 11.3 Å². The molecule has 0 radical (unpaired) electrons. The highest BCUT2D eigenvalue weighted by Gasteiger charge is 2.23. The fraction of sp³-hybridized carbons (Fsp3) is 0.0455. The highest BCUT2D eigenvalue weighted by molar-refractivity contribution is 7.25. The Bertz CT molecular complexity index is 4470. The van der Waals surface area contributed by atoms with Crippen LogP contribution in [0.3, 0.4) is 0 Å². The molecule has 0 amide bonds. The van der Waals surface area contributed by atoms with Crippen molar-refractivity contribution in [3.8, 4) is 62.1 Å². The van der Waals surface area contributed by atoms with Crippen LogP contribution in [0.15, 0.2) is 218 Å². The number of fused-ring (bicyclic) bond motifs is 10. The summed E-state index contributed by atoms with van der Waals surface area (Å²) >= 11 is 1.82. The molecule has 3 aromatic heterocycles. The Labute approximate surface area is 414 Å². The maximum atomic E-state index is 5.57. The molecule has 0 saturated heterocycles. The summed E-state index contributed by atoms with van der Waals surface area (Å²) in [5, 5.41) is 12.2. The molecule has 0 spiro atoms. The number of aromatic nitrogens is 4. The average Bonchev–Trinajstić information content (AvgIpc) is 3.97. The molecule has 0 atom stereocenters. The predicted molar refractivity (Wildman–Crippen MR) is 301 cm³/mol. The molecule has 3 heterocycles. The summed E-state index contributed by atoms with van der Waals surface area (Å²) in [4.78, 5) is 16.5. The third-order valence-electron chi connectivity index (χ3n) is 14.5. The molecule has 14 rings (SSSR count). The lowest BCUT2D eigenvalue weighted by atomic mass is 9.88. The van der Waals surface area contributed by atoms with Crippen molar-refractivity contribution in [2.45, 2.75) is 20.3 Å². The quantitative estimate of drug-likeness (QED) is 0.160. The fourth-order valence-electron chi connectivity index (χ4n) is 11.1. The fourth-order valence-corrected chi connectivity index (χ4v) is 12.2. The molecule has 0 N–H and O–H groups in total. The van der Waals surface area contributed by atoms with E-state index < -0.39 is 0 Å². The second-order valence-corrected chi connectivity index (χ2v) is 19.8. The first-order valence-corrected chi connectivity index (χ1v) is 25.2. The molecule has 0 bridgehead atoms. The van der Waals surface area contributed by atoms with E-state index in [2.05, 4.69) is 237 Å². The van der Waals surface area contributed by atoms with E-state index in [1.54, 1.807) is 0 Å². The van der Waals surface area contributed by atoms with Gasteiger partial charge in [-0.2, -0.15) is 0 Å². The summed E-state index contributed by atoms with van der Waals surface area (Å²) in [5.41, 5.74) is 13.2. The van der Waals surface area contributed by atoms with Crippen molar-refractivity contribution in [2.24, 2.45) is 0 Å². The number of nitrogens with zero attached hydrogens (tertiary/aromatic N) is 4. The lowest BCUT2D eigenvalue weighted by Crippen LogP contribution is -2.05. The molecular weight excluding hydrogens is 881 g/mol. The van der Waals surface area contributed by atoms with Gasteiger partial charge in [-0.25, -0.2) is 15.0 Å². The number of aryl methyl sites for hydroxylation is 1. The van der Waals surface area contributed by atoms with E-state index in [-0.39, 0.29) is 0 Å². The zero-order valence-corrected chi connectivity index (χ0v) is 40.0. The van der Waals surface area contributed by atoms with Crippen molar-refractivity contribution in [3.05, 3.63) is 230 Å². The molecule has 4 nitrogen and oxygen atoms in total. The molecular formula is C66H44N4S. The summed E-state index contributed by atoms with van der Waals surface area (Å²) < 4.78 is 4.98. The summed E-state index contributed by atoms with van der Waals surface area (Å²) in [5.74, 6) is 1.90. The van der Waals surface area contributed by atoms with Crippen LogP contribution < -0.4 is 0 Å². The lowest BCUT2D eigenvalue weighted by Gasteiger charge is -2.20. The molecule has 71 heavy (non-hydrogen) atoms. The Kier molecular flexibility index (Phi) is 9.55. The first kappa shape index (κ1) is 41.2. The van der Waals surface area contributed by atoms with Crippen LogP contribution >= 0.6 is 11.3 Å². The van der Waals surface area contributed by atoms with Gasteiger partial charge in [-0.1, -0.05) is 159 Å². The minimum Gasteiger partial charge on any atom is -0.309 e. The van der Waals surface area contributed by atoms with Gasteiger partial charge in [0.15, 0.2) is 17.5 Å². The molecule has 0 saturated carbocycles. The highest BCUT2D eigenvalue weighted by atomic mass is 32.1. The standard InChI is InChI=1S/C66H44N4S/c1-3-51-55(54-34-45-20-8-7-19-43(45)32-40(54)2)38-50(70-59-30-28-42-18-11-12-25-52(42)63(59)58-35-46-21-9-10-22-47(46)37-60(58)70)39-57(51)66-68-64(48-24-15-23-44(33-48)41-16-5-4-6-17-41)67-65(69-66)49-29-31-62-56(36-49)53-26-13-14-27-61(53)71-62/h4-39H,3H2,1-2H3. The minimum absolute atomic E-state index is 0.628. The number of benzene rings is 11. The van der Waals surface area contributed by atoms with Crippen LogP contribution in [0.25, 0.3) is 136 Å². The maximum Gasteiger partial charge on any atom is 0.164 e. The van der Waals surface area contributed by atoms with Gasteiger partial charge in [0.25, 0.3) is 0 Å². The van der Waals surface area contributed by atoms with E-state index >= 15 is 0 Å². The van der Waals surface area contributed by atoms with Gasteiger partial charge in [-0.3, -0.25) is 0 Å². The smallest absolute Gasteiger partial charge is 0.164 e. The summed E-state index contributed by atoms with van der Waals surface area (Å²) in [6.45, 7) is 4.51. The molecule has 334 valence electrons. The van der Waals surface area contributed by atoms with Gasteiger partial charge >= 0.3 is 0 Å². The van der Waals surface area contributed by atoms with Crippen LogP contribution in [0.4, 0.5) is 0 Å². The number of hydrogen-bond acceptors (Lipinski definition) is 4. The topological polar surface area (TPSA) is 43.6 Å². The van der Waals surface area contributed by atoms with Gasteiger partial charge in [0.1, 0.15) is 0 Å². The molecule has 0 aliphatic carbocycles. The van der Waals surface area contributed by atoms with Crippen molar-refractivity contribution in [1.29, 1.82) is 0 Å². The maximum absolute atomic E-state index is 5.57. The Morgan fingerprint density at radius 1 is 0.380 bits per heavy atom. The molecule has 14 aromatic rings. The van der Waals surface area contributed by atoms with E-state index in [0.29, 0.717) is 17.5 Å². The molecule has 5 heteroatoms. The second kappa shape index (κ2) is 16.4. The van der Waals surface area contributed by atoms with Gasteiger partial charge < -0.3 is 4.57 Å². The second-order valence-electron chi connectivity index (χ2n) is 18.7. The first-order chi connectivity index (χ1) is 35.0. The zero-order valence-electron chi connectivity index (χ0n) is 39.2. The van der Waals surface area contributed by atoms with Crippen molar-refractivity contribution in [1.82, 2.24) is 19.5 Å². The number of rotatable bonds is 7. The minimum atomic E-state index is 0.628.